The van der Waals surface area contributed by atoms with Crippen LogP contribution in [0.25, 0.3) is 0 Å². The molecule has 2 heterocycles. The molecule has 1 aromatic rings. The number of H-pyrrole nitrogens is 1. The first kappa shape index (κ1) is 58.4. The zero-order chi connectivity index (χ0) is 52.3. The molecule has 0 aliphatic carbocycles. The number of amides is 9. The summed E-state index contributed by atoms with van der Waals surface area (Å²) in [5.74, 6) is -11.6. The van der Waals surface area contributed by atoms with Crippen molar-refractivity contribution in [3.8, 4) is 0 Å². The molecule has 1 fully saturated rings. The van der Waals surface area contributed by atoms with Crippen LogP contribution in [0, 0.1) is 17.8 Å². The van der Waals surface area contributed by atoms with E-state index in [-0.39, 0.29) is 56.4 Å². The molecule has 26 nitrogen and oxygen atoms in total. The molecule has 1 aliphatic heterocycles. The van der Waals surface area contributed by atoms with Crippen LogP contribution in [0.3, 0.4) is 0 Å². The number of carbonyl (C=O) groups excluding carboxylic acids is 9. The third-order valence-electron chi connectivity index (χ3n) is 10.8. The largest absolute Gasteiger partial charge is 0.481 e. The molecule has 9 amide bonds. The average Bonchev–Trinajstić information content (AvgIpc) is 3.96. The van der Waals surface area contributed by atoms with Gasteiger partial charge in [-0.1, -0.05) is 41.5 Å². The van der Waals surface area contributed by atoms with Crippen molar-refractivity contribution in [3.05, 3.63) is 18.2 Å². The van der Waals surface area contributed by atoms with Crippen LogP contribution in [-0.4, -0.2) is 163 Å². The first-order valence-corrected chi connectivity index (χ1v) is 22.7. The fourth-order valence-electron chi connectivity index (χ4n) is 7.34. The lowest BCUT2D eigenvalue weighted by molar-refractivity contribution is -0.144. The molecule has 2 rings (SSSR count). The Morgan fingerprint density at radius 1 is 0.667 bits per heavy atom. The molecule has 0 radical (unpaired) electrons. The SMILES string of the molecule is CC(C)C[C@H](NC(=O)[C@H](CC(=O)O)NC(=O)[C@@H](N)CC(C)C)C(=O)N[C@@H](CO)C(=O)N[C@@H](Cc1cnc[nH]1)C(=O)N[C@@H](CC(N)=O)C(=O)N1CCC[C@H]1C(=O)N[C@@H](CC(C)C)C(=O)N[C@@H](C)C(=O)O. The monoisotopic (exact) mass is 979 g/mol. The Kier molecular flexibility index (Phi) is 23.7. The summed E-state index contributed by atoms with van der Waals surface area (Å²) in [5, 5.41) is 45.9. The van der Waals surface area contributed by atoms with Crippen molar-refractivity contribution in [3.63, 3.8) is 0 Å². The fourth-order valence-corrected chi connectivity index (χ4v) is 7.34. The Morgan fingerprint density at radius 2 is 1.16 bits per heavy atom. The minimum Gasteiger partial charge on any atom is -0.481 e. The van der Waals surface area contributed by atoms with Gasteiger partial charge < -0.3 is 73.9 Å². The highest BCUT2D eigenvalue weighted by molar-refractivity contribution is 5.99. The molecule has 0 saturated carbocycles. The van der Waals surface area contributed by atoms with Crippen molar-refractivity contribution < 1.29 is 68.1 Å². The van der Waals surface area contributed by atoms with Crippen molar-refractivity contribution in [2.24, 2.45) is 29.2 Å². The summed E-state index contributed by atoms with van der Waals surface area (Å²) in [6.07, 6.45) is 1.38. The van der Waals surface area contributed by atoms with Crippen molar-refractivity contribution in [1.29, 1.82) is 0 Å². The average molecular weight is 979 g/mol. The van der Waals surface area contributed by atoms with Crippen LogP contribution in [-0.2, 0) is 59.2 Å². The van der Waals surface area contributed by atoms with Crippen molar-refractivity contribution in [1.82, 2.24) is 52.1 Å². The molecule has 0 spiro atoms. The van der Waals surface area contributed by atoms with Gasteiger partial charge in [-0.3, -0.25) is 52.7 Å². The second kappa shape index (κ2) is 28.0. The molecule has 386 valence electrons. The van der Waals surface area contributed by atoms with E-state index in [4.69, 9.17) is 11.5 Å². The van der Waals surface area contributed by atoms with Crippen molar-refractivity contribution in [2.75, 3.05) is 13.2 Å². The Hall–Kier alpha value is -6.70. The number of carbonyl (C=O) groups is 11. The molecule has 69 heavy (non-hydrogen) atoms. The first-order chi connectivity index (χ1) is 32.2. The Morgan fingerprint density at radius 3 is 1.68 bits per heavy atom. The molecule has 15 N–H and O–H groups in total. The molecule has 1 aliphatic rings. The van der Waals surface area contributed by atoms with E-state index in [1.807, 2.05) is 13.8 Å². The van der Waals surface area contributed by atoms with Crippen molar-refractivity contribution >= 4 is 65.1 Å². The molecule has 0 unspecified atom stereocenters. The number of aliphatic carboxylic acids is 2. The lowest BCUT2D eigenvalue weighted by atomic mass is 10.0. The number of nitrogens with zero attached hydrogens (tertiary/aromatic N) is 2. The minimum absolute atomic E-state index is 0.00141. The van der Waals surface area contributed by atoms with Gasteiger partial charge in [0.25, 0.3) is 0 Å². The van der Waals surface area contributed by atoms with Gasteiger partial charge >= 0.3 is 11.9 Å². The van der Waals surface area contributed by atoms with Crippen LogP contribution < -0.4 is 48.7 Å². The Balaban J connectivity index is 2.35. The zero-order valence-electron chi connectivity index (χ0n) is 40.0. The number of carboxylic acid groups (broad SMARTS) is 2. The van der Waals surface area contributed by atoms with Crippen LogP contribution in [0.5, 0.6) is 0 Å². The molecule has 26 heteroatoms. The van der Waals surface area contributed by atoms with Crippen LogP contribution >= 0.6 is 0 Å². The van der Waals surface area contributed by atoms with Gasteiger partial charge in [-0.25, -0.2) is 4.98 Å². The third kappa shape index (κ3) is 19.8. The Labute approximate surface area is 399 Å². The number of hydrogen-bond donors (Lipinski definition) is 13. The van der Waals surface area contributed by atoms with Crippen LogP contribution in [0.4, 0.5) is 0 Å². The number of aliphatic hydroxyl groups excluding tert-OH is 1. The number of imidazole rings is 1. The fraction of sp³-hybridized carbons (Fsp3) is 0.674. The number of aromatic amines is 1. The zero-order valence-corrected chi connectivity index (χ0v) is 40.0. The van der Waals surface area contributed by atoms with E-state index in [1.165, 1.54) is 19.4 Å². The molecular formula is C43H70N12O14. The second-order valence-electron chi connectivity index (χ2n) is 18.4. The molecule has 0 bridgehead atoms. The quantitative estimate of drug-likeness (QED) is 0.0367. The lowest BCUT2D eigenvalue weighted by Crippen LogP contribution is -2.61. The van der Waals surface area contributed by atoms with Gasteiger partial charge in [-0.05, 0) is 56.8 Å². The summed E-state index contributed by atoms with van der Waals surface area (Å²) in [5.41, 5.74) is 11.7. The summed E-state index contributed by atoms with van der Waals surface area (Å²) in [6.45, 7) is 10.8. The molecular weight excluding hydrogens is 909 g/mol. The maximum Gasteiger partial charge on any atom is 0.325 e. The number of aromatic nitrogens is 2. The summed E-state index contributed by atoms with van der Waals surface area (Å²) in [4.78, 5) is 152. The number of rotatable bonds is 29. The smallest absolute Gasteiger partial charge is 0.325 e. The normalized spacial score (nSPS) is 17.0. The lowest BCUT2D eigenvalue weighted by Gasteiger charge is -2.31. The number of likely N-dealkylation sites (tertiary alicyclic amines) is 1. The summed E-state index contributed by atoms with van der Waals surface area (Å²) in [6, 6.07) is -12.8. The number of hydrogen-bond acceptors (Lipinski definition) is 14. The number of aliphatic hydroxyl groups is 1. The van der Waals surface area contributed by atoms with E-state index in [0.717, 1.165) is 4.90 Å². The number of nitrogens with one attached hydrogen (secondary N) is 8. The molecule has 9 atom stereocenters. The van der Waals surface area contributed by atoms with Crippen molar-refractivity contribution in [2.45, 2.75) is 154 Å². The van der Waals surface area contributed by atoms with Gasteiger partial charge in [-0.15, -0.1) is 0 Å². The van der Waals surface area contributed by atoms with E-state index in [1.54, 1.807) is 27.7 Å². The highest BCUT2D eigenvalue weighted by Crippen LogP contribution is 2.21. The maximum absolute atomic E-state index is 14.1. The third-order valence-corrected chi connectivity index (χ3v) is 10.8. The van der Waals surface area contributed by atoms with Gasteiger partial charge in [0.15, 0.2) is 0 Å². The standard InChI is InChI=1S/C43H70N12O14/c1-20(2)11-25(44)35(60)49-29(16-34(58)59)39(64)50-27(13-22(5)6)37(62)54-31(18-56)40(65)51-28(14-24-17-46-19-47-24)38(63)53-30(15-33(45)57)42(67)55-10-8-9-32(55)41(66)52-26(12-21(3)4)36(61)48-23(7)43(68)69/h17,19-23,25-32,56H,8-16,18,44H2,1-7H3,(H2,45,57)(H,46,47)(H,48,61)(H,49,60)(H,50,64)(H,51,65)(H,52,66)(H,53,63)(H,54,62)(H,58,59)(H,68,69)/t23-,25-,26-,27-,28-,29-,30-,31-,32-/m0/s1. The minimum atomic E-state index is -1.77. The van der Waals surface area contributed by atoms with E-state index >= 15 is 0 Å². The van der Waals surface area contributed by atoms with Crippen LogP contribution in [0.2, 0.25) is 0 Å². The Bertz CT molecular complexity index is 1980. The van der Waals surface area contributed by atoms with Gasteiger partial charge in [-0.2, -0.15) is 0 Å². The van der Waals surface area contributed by atoms with E-state index in [0.29, 0.717) is 12.1 Å². The van der Waals surface area contributed by atoms with E-state index in [2.05, 4.69) is 47.2 Å². The summed E-state index contributed by atoms with van der Waals surface area (Å²) in [7, 11) is 0. The van der Waals surface area contributed by atoms with Gasteiger partial charge in [0.05, 0.1) is 31.8 Å². The summed E-state index contributed by atoms with van der Waals surface area (Å²) >= 11 is 0. The number of carboxylic acids is 2. The molecule has 1 aromatic heterocycles. The van der Waals surface area contributed by atoms with Crippen LogP contribution in [0.15, 0.2) is 12.5 Å². The summed E-state index contributed by atoms with van der Waals surface area (Å²) < 4.78 is 0. The van der Waals surface area contributed by atoms with Gasteiger partial charge in [0.1, 0.15) is 48.3 Å². The maximum atomic E-state index is 14.1. The molecule has 0 aromatic carbocycles. The van der Waals surface area contributed by atoms with E-state index < -0.39 is 139 Å². The van der Waals surface area contributed by atoms with Crippen LogP contribution in [0.1, 0.15) is 99.1 Å². The topological polar surface area (TPSA) is 417 Å². The predicted octanol–water partition coefficient (Wildman–Crippen LogP) is -3.75. The predicted molar refractivity (Wildman–Crippen MR) is 243 cm³/mol. The second-order valence-corrected chi connectivity index (χ2v) is 18.4. The number of primary amides is 1. The van der Waals surface area contributed by atoms with Gasteiger partial charge in [0, 0.05) is 24.9 Å². The first-order valence-electron chi connectivity index (χ1n) is 22.7. The highest BCUT2D eigenvalue weighted by atomic mass is 16.4. The van der Waals surface area contributed by atoms with E-state index in [9.17, 15) is 68.1 Å². The van der Waals surface area contributed by atoms with Gasteiger partial charge in [0.2, 0.25) is 53.2 Å². The number of nitrogens with two attached hydrogens (primary N) is 2. The highest BCUT2D eigenvalue weighted by Gasteiger charge is 2.41. The molecule has 1 saturated heterocycles.